The fourth-order valence-electron chi connectivity index (χ4n) is 2.37. The van der Waals surface area contributed by atoms with Gasteiger partial charge in [-0.1, -0.05) is 0 Å². The number of imide groups is 1. The fraction of sp³-hybridized carbons (Fsp3) is 0.778. The van der Waals surface area contributed by atoms with Gasteiger partial charge in [-0.15, -0.1) is 0 Å². The van der Waals surface area contributed by atoms with E-state index in [9.17, 15) is 43.1 Å². The summed E-state index contributed by atoms with van der Waals surface area (Å²) >= 11 is 0. The molecule has 0 aromatic rings. The average molecular weight is 514 g/mol. The van der Waals surface area contributed by atoms with E-state index < -0.39 is 60.4 Å². The molecule has 3 unspecified atom stereocenters. The normalized spacial score (nSPS) is 30.2. The summed E-state index contributed by atoms with van der Waals surface area (Å²) in [6, 6.07) is -0.762. The van der Waals surface area contributed by atoms with E-state index in [4.69, 9.17) is 9.63 Å². The van der Waals surface area contributed by atoms with Gasteiger partial charge in [0, 0.05) is 19.4 Å². The van der Waals surface area contributed by atoms with Gasteiger partial charge >= 0.3 is 73.0 Å². The fourth-order valence-corrected chi connectivity index (χ4v) is 5.30. The molecule has 0 aromatic heterocycles. The molecule has 2 aliphatic heterocycles. The van der Waals surface area contributed by atoms with Crippen LogP contribution >= 0.6 is 23.5 Å². The van der Waals surface area contributed by atoms with Crippen molar-refractivity contribution < 1.29 is 125 Å². The maximum atomic E-state index is 11.7. The molecule has 0 bridgehead atoms. The topological polar surface area (TPSA) is 244 Å². The monoisotopic (exact) mass is 514 g/mol. The van der Waals surface area contributed by atoms with Crippen LogP contribution in [-0.4, -0.2) is 63.3 Å². The van der Waals surface area contributed by atoms with Crippen molar-refractivity contribution >= 4 is 35.4 Å². The number of rotatable bonds is 8. The summed E-state index contributed by atoms with van der Waals surface area (Å²) in [4.78, 5) is 63.0. The molecule has 0 radical (unpaired) electrons. The molecule has 16 nitrogen and oxygen atoms in total. The van der Waals surface area contributed by atoms with E-state index in [1.54, 1.807) is 0 Å². The Morgan fingerprint density at radius 3 is 2.30 bits per heavy atom. The van der Waals surface area contributed by atoms with Crippen molar-refractivity contribution in [2.45, 2.75) is 31.3 Å². The minimum Gasteiger partial charge on any atom is -0.756 e. The smallest absolute Gasteiger partial charge is 0.756 e. The predicted molar refractivity (Wildman–Crippen MR) is 79.5 cm³/mol. The summed E-state index contributed by atoms with van der Waals surface area (Å²) in [6.07, 6.45) is -3.74. The molecule has 2 fully saturated rings. The van der Waals surface area contributed by atoms with Gasteiger partial charge in [0.1, 0.15) is 12.3 Å². The molecular formula is C9H15N2Na2O14P3. The Balaban J connectivity index is 0.00000420. The number of carbonyl (C=O) groups excluding carboxylic acids is 2. The molecule has 21 heteroatoms. The van der Waals surface area contributed by atoms with Crippen LogP contribution in [-0.2, 0) is 36.4 Å². The molecular weight excluding hydrogens is 499 g/mol. The second-order valence-electron chi connectivity index (χ2n) is 5.57. The maximum absolute atomic E-state index is 11.7. The van der Waals surface area contributed by atoms with Crippen molar-refractivity contribution in [3.05, 3.63) is 0 Å². The molecule has 0 spiro atoms. The number of hydrogen-bond acceptors (Lipinski definition) is 12. The zero-order chi connectivity index (χ0) is 21.3. The van der Waals surface area contributed by atoms with Crippen LogP contribution in [0, 0.1) is 0 Å². The van der Waals surface area contributed by atoms with Crippen molar-refractivity contribution in [3.8, 4) is 0 Å². The third-order valence-corrected chi connectivity index (χ3v) is 7.17. The largest absolute Gasteiger partial charge is 1.00 e. The Morgan fingerprint density at radius 1 is 1.17 bits per heavy atom. The molecule has 0 aliphatic carbocycles. The number of ether oxygens (including phenoxy) is 1. The molecule has 162 valence electrons. The number of amides is 3. The molecule has 2 rings (SSSR count). The van der Waals surface area contributed by atoms with E-state index in [0.29, 0.717) is 0 Å². The molecule has 2 heterocycles. The van der Waals surface area contributed by atoms with E-state index in [-0.39, 0.29) is 78.5 Å². The second kappa shape index (κ2) is 12.1. The third-order valence-electron chi connectivity index (χ3n) is 3.45. The molecule has 4 N–H and O–H groups in total. The number of aliphatic hydroxyl groups excluding tert-OH is 1. The van der Waals surface area contributed by atoms with Crippen molar-refractivity contribution in [1.82, 2.24) is 10.2 Å². The van der Waals surface area contributed by atoms with Crippen molar-refractivity contribution in [3.63, 3.8) is 0 Å². The van der Waals surface area contributed by atoms with Crippen LogP contribution in [0.15, 0.2) is 0 Å². The molecule has 3 amide bonds. The molecule has 0 saturated carbocycles. The number of urea groups is 1. The van der Waals surface area contributed by atoms with Crippen LogP contribution < -0.4 is 74.2 Å². The first kappa shape index (κ1) is 31.3. The minimum atomic E-state index is -5.97. The number of hydrogen-bond donors (Lipinski definition) is 4. The summed E-state index contributed by atoms with van der Waals surface area (Å²) in [6.45, 7) is -0.891. The Hall–Kier alpha value is 1.27. The van der Waals surface area contributed by atoms with Crippen LogP contribution in [0.5, 0.6) is 0 Å². The summed E-state index contributed by atoms with van der Waals surface area (Å²) in [7, 11) is -17.2. The van der Waals surface area contributed by atoms with Crippen LogP contribution in [0.4, 0.5) is 4.79 Å². The van der Waals surface area contributed by atoms with E-state index in [2.05, 4.69) is 13.1 Å². The summed E-state index contributed by atoms with van der Waals surface area (Å²) < 4.78 is 49.4. The molecule has 2 aliphatic rings. The van der Waals surface area contributed by atoms with Crippen LogP contribution in [0.2, 0.25) is 0 Å². The van der Waals surface area contributed by atoms with Gasteiger partial charge in [0.05, 0.1) is 12.7 Å². The van der Waals surface area contributed by atoms with Gasteiger partial charge in [0.2, 0.25) is 5.91 Å². The van der Waals surface area contributed by atoms with Crippen LogP contribution in [0.1, 0.15) is 12.8 Å². The average Bonchev–Trinajstić information content (AvgIpc) is 2.82. The zero-order valence-corrected chi connectivity index (χ0v) is 22.4. The number of carbonyl (C=O) groups is 2. The van der Waals surface area contributed by atoms with Crippen LogP contribution in [0.3, 0.4) is 0 Å². The number of phosphoric acid groups is 3. The Bertz CT molecular complexity index is 778. The zero-order valence-electron chi connectivity index (χ0n) is 15.7. The van der Waals surface area contributed by atoms with Gasteiger partial charge in [-0.2, -0.15) is 0 Å². The Kier molecular flexibility index (Phi) is 12.6. The van der Waals surface area contributed by atoms with Gasteiger partial charge in [-0.05, 0) is 0 Å². The number of nitrogens with one attached hydrogen (secondary N) is 1. The minimum absolute atomic E-state index is 0. The van der Waals surface area contributed by atoms with Crippen LogP contribution in [0.25, 0.3) is 0 Å². The van der Waals surface area contributed by atoms with Gasteiger partial charge in [0.15, 0.2) is 0 Å². The number of nitrogens with zero attached hydrogens (tertiary/aromatic N) is 1. The number of aliphatic hydroxyl groups is 1. The van der Waals surface area contributed by atoms with Crippen molar-refractivity contribution in [1.29, 1.82) is 0 Å². The van der Waals surface area contributed by atoms with E-state index in [1.807, 2.05) is 5.32 Å². The van der Waals surface area contributed by atoms with E-state index in [1.165, 1.54) is 0 Å². The maximum Gasteiger partial charge on any atom is 1.00 e. The van der Waals surface area contributed by atoms with Crippen molar-refractivity contribution in [2.24, 2.45) is 0 Å². The van der Waals surface area contributed by atoms with Crippen molar-refractivity contribution in [2.75, 3.05) is 13.2 Å². The first-order valence-corrected chi connectivity index (χ1v) is 11.8. The van der Waals surface area contributed by atoms with Gasteiger partial charge in [-0.3, -0.25) is 28.7 Å². The third kappa shape index (κ3) is 10.0. The molecule has 2 saturated heterocycles. The molecule has 30 heavy (non-hydrogen) atoms. The summed E-state index contributed by atoms with van der Waals surface area (Å²) in [5, 5.41) is 12.0. The van der Waals surface area contributed by atoms with Gasteiger partial charge in [0.25, 0.3) is 15.6 Å². The standard InChI is InChI=1S/C9H17N2O14P3.2Na/c12-5-3-8(11-2-1-7(13)10-9(11)14)23-6(5)4-22-27(18,19)25-28(20,21)24-26(15,16)17;;/h5-6,8,12H,1-4H2,(H,18,19)(H,20,21)(H,10,13,14)(H2,15,16,17);;/q;2*+1/p-2/t5-,6-,8+;;/m0../s1. The first-order chi connectivity index (χ1) is 12.7. The second-order valence-corrected chi connectivity index (χ2v) is 9.91. The molecule has 6 atom stereocenters. The predicted octanol–water partition coefficient (Wildman–Crippen LogP) is -8.51. The SMILES string of the molecule is O=C1CCN([C@H]2C[C@H](O)[C@H](COP(=O)(O)OP(=O)([O-])OP(=O)([O-])O)O2)C(=O)N1.[Na+].[Na+]. The first-order valence-electron chi connectivity index (χ1n) is 7.36. The van der Waals surface area contributed by atoms with Gasteiger partial charge in [-0.25, -0.2) is 18.0 Å². The van der Waals surface area contributed by atoms with Gasteiger partial charge < -0.3 is 29.4 Å². The summed E-state index contributed by atoms with van der Waals surface area (Å²) in [5.41, 5.74) is 0. The Labute approximate surface area is 213 Å². The quantitative estimate of drug-likeness (QED) is 0.174. The number of phosphoric ester groups is 1. The summed E-state index contributed by atoms with van der Waals surface area (Å²) in [5.74, 6) is -0.493. The molecule has 0 aromatic carbocycles. The van der Waals surface area contributed by atoms with E-state index in [0.717, 1.165) is 4.90 Å². The van der Waals surface area contributed by atoms with E-state index >= 15 is 0 Å². The Morgan fingerprint density at radius 2 is 1.77 bits per heavy atom.